The van der Waals surface area contributed by atoms with E-state index in [4.69, 9.17) is 0 Å². The van der Waals surface area contributed by atoms with Crippen molar-refractivity contribution in [3.63, 3.8) is 0 Å². The van der Waals surface area contributed by atoms with Crippen LogP contribution in [0.5, 0.6) is 5.75 Å². The quantitative estimate of drug-likeness (QED) is 0.653. The van der Waals surface area contributed by atoms with Gasteiger partial charge >= 0.3 is 6.61 Å². The monoisotopic (exact) mass is 410 g/mol. The Morgan fingerprint density at radius 1 is 1.21 bits per heavy atom. The second-order valence-electron chi connectivity index (χ2n) is 3.46. The van der Waals surface area contributed by atoms with Crippen molar-refractivity contribution in [2.75, 3.05) is 0 Å². The molecule has 7 heteroatoms. The lowest BCUT2D eigenvalue weighted by atomic mass is 10.1. The predicted octanol–water partition coefficient (Wildman–Crippen LogP) is 5.11. The van der Waals surface area contributed by atoms with Gasteiger partial charge in [0.2, 0.25) is 5.78 Å². The zero-order valence-corrected chi connectivity index (χ0v) is 13.2. The van der Waals surface area contributed by atoms with E-state index in [9.17, 15) is 13.6 Å². The lowest BCUT2D eigenvalue weighted by Crippen LogP contribution is -2.03. The van der Waals surface area contributed by atoms with Crippen LogP contribution in [-0.2, 0) is 0 Å². The van der Waals surface area contributed by atoms with Gasteiger partial charge in [-0.25, -0.2) is 0 Å². The van der Waals surface area contributed by atoms with Gasteiger partial charge in [-0.05, 0) is 62.2 Å². The first-order valence-electron chi connectivity index (χ1n) is 5.02. The molecule has 1 aromatic heterocycles. The molecule has 0 atom stereocenters. The van der Waals surface area contributed by atoms with Crippen molar-refractivity contribution in [1.82, 2.24) is 0 Å². The number of ether oxygens (including phenoxy) is 1. The number of thiophene rings is 1. The molecule has 100 valence electrons. The smallest absolute Gasteiger partial charge is 0.387 e. The summed E-state index contributed by atoms with van der Waals surface area (Å²) in [4.78, 5) is 12.7. The molecule has 0 N–H and O–H groups in total. The van der Waals surface area contributed by atoms with Crippen molar-refractivity contribution >= 4 is 49.0 Å². The largest absolute Gasteiger partial charge is 0.435 e. The molecule has 0 saturated heterocycles. The molecule has 2 rings (SSSR count). The van der Waals surface area contributed by atoms with Crippen LogP contribution in [0.15, 0.2) is 38.6 Å². The maximum atomic E-state index is 12.1. The van der Waals surface area contributed by atoms with E-state index >= 15 is 0 Å². The minimum Gasteiger partial charge on any atom is -0.435 e. The predicted molar refractivity (Wildman–Crippen MR) is 76.2 cm³/mol. The third-order valence-corrected chi connectivity index (χ3v) is 5.47. The number of ketones is 1. The van der Waals surface area contributed by atoms with Crippen LogP contribution in [0.4, 0.5) is 8.78 Å². The van der Waals surface area contributed by atoms with E-state index in [2.05, 4.69) is 36.6 Å². The molecule has 0 amide bonds. The summed E-state index contributed by atoms with van der Waals surface area (Å²) in [6, 6.07) is 7.32. The number of hydrogen-bond donors (Lipinski definition) is 0. The molecule has 1 aromatic carbocycles. The van der Waals surface area contributed by atoms with Crippen LogP contribution in [0.3, 0.4) is 0 Å². The molecule has 0 unspecified atom stereocenters. The zero-order valence-electron chi connectivity index (χ0n) is 9.20. The number of alkyl halides is 2. The summed E-state index contributed by atoms with van der Waals surface area (Å²) in [5.74, 6) is -0.139. The van der Waals surface area contributed by atoms with E-state index in [0.717, 1.165) is 8.26 Å². The van der Waals surface area contributed by atoms with Crippen LogP contribution in [0.25, 0.3) is 0 Å². The molecule has 0 aliphatic rings. The maximum absolute atomic E-state index is 12.1. The van der Waals surface area contributed by atoms with Crippen LogP contribution < -0.4 is 4.74 Å². The number of hydrogen-bond acceptors (Lipinski definition) is 3. The molecule has 2 nitrogen and oxygen atoms in total. The first-order valence-corrected chi connectivity index (χ1v) is 7.42. The van der Waals surface area contributed by atoms with Gasteiger partial charge in [-0.3, -0.25) is 4.79 Å². The fraction of sp³-hybridized carbons (Fsp3) is 0.0833. The highest BCUT2D eigenvalue weighted by atomic mass is 79.9. The number of carbonyl (C=O) groups is 1. The van der Waals surface area contributed by atoms with Crippen molar-refractivity contribution in [1.29, 1.82) is 0 Å². The van der Waals surface area contributed by atoms with E-state index in [-0.39, 0.29) is 11.5 Å². The van der Waals surface area contributed by atoms with Gasteiger partial charge in [0.1, 0.15) is 5.75 Å². The SMILES string of the molecule is O=C(c1ccc(OC(F)F)cc1)c1cc(Br)c(Br)s1. The lowest BCUT2D eigenvalue weighted by Gasteiger charge is -2.04. The number of halogens is 4. The van der Waals surface area contributed by atoms with Gasteiger partial charge in [0.05, 0.1) is 8.66 Å². The number of benzene rings is 1. The molecule has 1 heterocycles. The highest BCUT2D eigenvalue weighted by molar-refractivity contribution is 9.13. The van der Waals surface area contributed by atoms with Gasteiger partial charge in [-0.15, -0.1) is 11.3 Å². The Bertz CT molecular complexity index is 577. The lowest BCUT2D eigenvalue weighted by molar-refractivity contribution is -0.0498. The zero-order chi connectivity index (χ0) is 14.0. The molecule has 0 saturated carbocycles. The highest BCUT2D eigenvalue weighted by Gasteiger charge is 2.14. The van der Waals surface area contributed by atoms with E-state index in [1.54, 1.807) is 6.07 Å². The fourth-order valence-electron chi connectivity index (χ4n) is 1.39. The number of rotatable bonds is 4. The number of carbonyl (C=O) groups excluding carboxylic acids is 1. The summed E-state index contributed by atoms with van der Waals surface area (Å²) in [5, 5.41) is 0. The normalized spacial score (nSPS) is 10.8. The van der Waals surface area contributed by atoms with Gasteiger partial charge in [0, 0.05) is 10.0 Å². The standard InChI is InChI=1S/C12H6Br2F2O2S/c13-8-5-9(19-11(8)14)10(17)6-1-3-7(4-2-6)18-12(15)16/h1-5,12H. The topological polar surface area (TPSA) is 26.3 Å². The first kappa shape index (κ1) is 14.6. The molecule has 19 heavy (non-hydrogen) atoms. The van der Waals surface area contributed by atoms with Crippen LogP contribution in [0.1, 0.15) is 15.2 Å². The van der Waals surface area contributed by atoms with Gasteiger partial charge in [0.15, 0.2) is 0 Å². The summed E-state index contributed by atoms with van der Waals surface area (Å²) in [7, 11) is 0. The minimum absolute atomic E-state index is 0.0279. The van der Waals surface area contributed by atoms with Crippen molar-refractivity contribution in [3.8, 4) is 5.75 Å². The third kappa shape index (κ3) is 3.61. The van der Waals surface area contributed by atoms with Gasteiger partial charge in [-0.1, -0.05) is 0 Å². The average molecular weight is 412 g/mol. The Morgan fingerprint density at radius 2 is 1.84 bits per heavy atom. The molecule has 0 aliphatic heterocycles. The summed E-state index contributed by atoms with van der Waals surface area (Å²) in [6.45, 7) is -2.87. The Labute approximate surface area is 128 Å². The van der Waals surface area contributed by atoms with Crippen LogP contribution >= 0.6 is 43.2 Å². The van der Waals surface area contributed by atoms with Gasteiger partial charge in [0.25, 0.3) is 0 Å². The Kier molecular flexibility index (Phi) is 4.70. The van der Waals surface area contributed by atoms with Crippen LogP contribution in [-0.4, -0.2) is 12.4 Å². The van der Waals surface area contributed by atoms with E-state index in [0.29, 0.717) is 10.4 Å². The summed E-state index contributed by atoms with van der Waals surface area (Å²) >= 11 is 7.92. The summed E-state index contributed by atoms with van der Waals surface area (Å²) in [5.41, 5.74) is 0.419. The maximum Gasteiger partial charge on any atom is 0.387 e. The molecule has 0 aliphatic carbocycles. The van der Waals surface area contributed by atoms with Crippen LogP contribution in [0.2, 0.25) is 0 Å². The highest BCUT2D eigenvalue weighted by Crippen LogP contribution is 2.33. The second-order valence-corrected chi connectivity index (χ2v) is 6.69. The molecule has 0 fully saturated rings. The molecule has 0 spiro atoms. The average Bonchev–Trinajstić information content (AvgIpc) is 2.69. The van der Waals surface area contributed by atoms with E-state index < -0.39 is 6.61 Å². The molecular formula is C12H6Br2F2O2S. The summed E-state index contributed by atoms with van der Waals surface area (Å²) in [6.07, 6.45) is 0. The summed E-state index contributed by atoms with van der Waals surface area (Å²) < 4.78 is 29.8. The fourth-order valence-corrected chi connectivity index (χ4v) is 3.39. The van der Waals surface area contributed by atoms with E-state index in [1.165, 1.54) is 35.6 Å². The third-order valence-electron chi connectivity index (χ3n) is 2.21. The second kappa shape index (κ2) is 6.11. The molecule has 2 aromatic rings. The van der Waals surface area contributed by atoms with Gasteiger partial charge < -0.3 is 4.74 Å². The Morgan fingerprint density at radius 3 is 2.32 bits per heavy atom. The Hall–Kier alpha value is -0.790. The minimum atomic E-state index is -2.87. The van der Waals surface area contributed by atoms with Crippen molar-refractivity contribution in [2.24, 2.45) is 0 Å². The van der Waals surface area contributed by atoms with Crippen molar-refractivity contribution in [2.45, 2.75) is 6.61 Å². The first-order chi connectivity index (χ1) is 8.97. The van der Waals surface area contributed by atoms with Crippen LogP contribution in [0, 0.1) is 0 Å². The molecule has 0 radical (unpaired) electrons. The van der Waals surface area contributed by atoms with Gasteiger partial charge in [-0.2, -0.15) is 8.78 Å². The van der Waals surface area contributed by atoms with E-state index in [1.807, 2.05) is 0 Å². The van der Waals surface area contributed by atoms with Crippen molar-refractivity contribution in [3.05, 3.63) is 49.0 Å². The molecular weight excluding hydrogens is 406 g/mol. The Balaban J connectivity index is 2.20. The molecule has 0 bridgehead atoms. The van der Waals surface area contributed by atoms with Crippen molar-refractivity contribution < 1.29 is 18.3 Å².